The SMILES string of the molecule is CC1=C(/C=C/C(C)=C/C=C/C(C)=C\C(=O)O)C(C)(C)CCC1.NC(=O)NO. The van der Waals surface area contributed by atoms with Gasteiger partial charge in [0, 0.05) is 6.08 Å². The van der Waals surface area contributed by atoms with Crippen LogP contribution in [0.5, 0.6) is 0 Å². The lowest BCUT2D eigenvalue weighted by atomic mass is 9.72. The van der Waals surface area contributed by atoms with Crippen molar-refractivity contribution in [1.82, 2.24) is 5.48 Å². The van der Waals surface area contributed by atoms with E-state index in [0.717, 1.165) is 11.1 Å². The second-order valence-electron chi connectivity index (χ2n) is 7.24. The third-order valence-electron chi connectivity index (χ3n) is 4.23. The van der Waals surface area contributed by atoms with Gasteiger partial charge in [-0.2, -0.15) is 0 Å². The van der Waals surface area contributed by atoms with Gasteiger partial charge < -0.3 is 10.8 Å². The largest absolute Gasteiger partial charge is 0.478 e. The lowest BCUT2D eigenvalue weighted by Gasteiger charge is -2.32. The Morgan fingerprint density at radius 3 is 2.26 bits per heavy atom. The van der Waals surface area contributed by atoms with Gasteiger partial charge in [-0.3, -0.25) is 5.21 Å². The fraction of sp³-hybridized carbons (Fsp3) is 0.429. The van der Waals surface area contributed by atoms with E-state index in [1.54, 1.807) is 13.0 Å². The number of hydrogen-bond acceptors (Lipinski definition) is 3. The number of carboxylic acids is 1. The first-order valence-electron chi connectivity index (χ1n) is 8.83. The van der Waals surface area contributed by atoms with Crippen LogP contribution in [0.1, 0.15) is 53.9 Å². The van der Waals surface area contributed by atoms with Gasteiger partial charge in [0.25, 0.3) is 0 Å². The smallest absolute Gasteiger partial charge is 0.335 e. The Morgan fingerprint density at radius 2 is 1.78 bits per heavy atom. The molecule has 0 spiro atoms. The molecule has 0 radical (unpaired) electrons. The van der Waals surface area contributed by atoms with Crippen LogP contribution in [0.4, 0.5) is 4.79 Å². The number of hydroxylamine groups is 1. The Labute approximate surface area is 161 Å². The van der Waals surface area contributed by atoms with Crippen LogP contribution in [0, 0.1) is 5.41 Å². The summed E-state index contributed by atoms with van der Waals surface area (Å²) in [5.41, 5.74) is 10.6. The van der Waals surface area contributed by atoms with Gasteiger partial charge in [-0.15, -0.1) is 0 Å². The molecule has 0 aromatic rings. The highest BCUT2D eigenvalue weighted by Gasteiger charge is 2.26. The minimum absolute atomic E-state index is 0.260. The first-order valence-corrected chi connectivity index (χ1v) is 8.83. The van der Waals surface area contributed by atoms with E-state index in [1.807, 2.05) is 12.2 Å². The van der Waals surface area contributed by atoms with E-state index in [1.165, 1.54) is 42.0 Å². The average molecular weight is 376 g/mol. The van der Waals surface area contributed by atoms with E-state index < -0.39 is 12.0 Å². The molecular formula is C21H32N2O4. The van der Waals surface area contributed by atoms with Crippen LogP contribution in [0.15, 0.2) is 58.7 Å². The maximum atomic E-state index is 10.5. The van der Waals surface area contributed by atoms with Crippen LogP contribution in [0.3, 0.4) is 0 Å². The molecule has 0 fully saturated rings. The summed E-state index contributed by atoms with van der Waals surface area (Å²) in [5.74, 6) is -0.912. The molecule has 1 aliphatic rings. The van der Waals surface area contributed by atoms with Gasteiger partial charge in [0.1, 0.15) is 0 Å². The van der Waals surface area contributed by atoms with E-state index in [2.05, 4.69) is 45.6 Å². The number of nitrogens with two attached hydrogens (primary N) is 1. The van der Waals surface area contributed by atoms with Crippen LogP contribution in [-0.2, 0) is 4.79 Å². The van der Waals surface area contributed by atoms with Crippen molar-refractivity contribution in [3.05, 3.63) is 58.7 Å². The number of urea groups is 1. The van der Waals surface area contributed by atoms with Gasteiger partial charge in [-0.25, -0.2) is 15.1 Å². The summed E-state index contributed by atoms with van der Waals surface area (Å²) in [4.78, 5) is 19.8. The van der Waals surface area contributed by atoms with E-state index in [4.69, 9.17) is 10.3 Å². The van der Waals surface area contributed by atoms with Crippen molar-refractivity contribution < 1.29 is 19.9 Å². The molecule has 6 nitrogen and oxygen atoms in total. The molecule has 0 saturated heterocycles. The number of rotatable bonds is 5. The molecule has 0 aromatic heterocycles. The van der Waals surface area contributed by atoms with E-state index in [9.17, 15) is 9.59 Å². The monoisotopic (exact) mass is 376 g/mol. The Hall–Kier alpha value is -2.60. The molecule has 1 rings (SSSR count). The number of allylic oxidation sites excluding steroid dienone is 9. The first-order chi connectivity index (χ1) is 12.5. The number of hydrogen-bond donors (Lipinski definition) is 4. The van der Waals surface area contributed by atoms with E-state index in [-0.39, 0.29) is 5.41 Å². The van der Waals surface area contributed by atoms with Crippen molar-refractivity contribution in [2.45, 2.75) is 53.9 Å². The molecule has 0 unspecified atom stereocenters. The van der Waals surface area contributed by atoms with Gasteiger partial charge in [-0.05, 0) is 56.6 Å². The highest BCUT2D eigenvalue weighted by molar-refractivity contribution is 5.81. The maximum Gasteiger partial charge on any atom is 0.335 e. The van der Waals surface area contributed by atoms with Crippen LogP contribution >= 0.6 is 0 Å². The fourth-order valence-electron chi connectivity index (χ4n) is 2.88. The number of nitrogens with one attached hydrogen (secondary N) is 1. The minimum Gasteiger partial charge on any atom is -0.478 e. The molecule has 0 aromatic carbocycles. The molecule has 27 heavy (non-hydrogen) atoms. The number of carbonyl (C=O) groups is 2. The van der Waals surface area contributed by atoms with Gasteiger partial charge in [-0.1, -0.05) is 55.4 Å². The van der Waals surface area contributed by atoms with Crippen molar-refractivity contribution >= 4 is 12.0 Å². The Morgan fingerprint density at radius 1 is 1.19 bits per heavy atom. The van der Waals surface area contributed by atoms with Crippen molar-refractivity contribution in [2.75, 3.05) is 0 Å². The van der Waals surface area contributed by atoms with Crippen LogP contribution < -0.4 is 11.2 Å². The van der Waals surface area contributed by atoms with Gasteiger partial charge >= 0.3 is 12.0 Å². The van der Waals surface area contributed by atoms with Gasteiger partial charge in [0.05, 0.1) is 0 Å². The summed E-state index contributed by atoms with van der Waals surface area (Å²) < 4.78 is 0. The molecule has 0 heterocycles. The molecule has 5 N–H and O–H groups in total. The van der Waals surface area contributed by atoms with E-state index >= 15 is 0 Å². The molecule has 0 atom stereocenters. The van der Waals surface area contributed by atoms with Crippen molar-refractivity contribution in [3.8, 4) is 0 Å². The third kappa shape index (κ3) is 10.9. The quantitative estimate of drug-likeness (QED) is 0.242. The lowest BCUT2D eigenvalue weighted by molar-refractivity contribution is -0.131. The van der Waals surface area contributed by atoms with Gasteiger partial charge in [0.2, 0.25) is 0 Å². The number of primary amides is 1. The molecule has 2 amide bonds. The molecule has 0 aliphatic heterocycles. The summed E-state index contributed by atoms with van der Waals surface area (Å²) in [6.07, 6.45) is 15.0. The topological polar surface area (TPSA) is 113 Å². The van der Waals surface area contributed by atoms with Crippen molar-refractivity contribution in [1.29, 1.82) is 0 Å². The zero-order valence-corrected chi connectivity index (χ0v) is 16.9. The summed E-state index contributed by atoms with van der Waals surface area (Å²) >= 11 is 0. The van der Waals surface area contributed by atoms with Crippen molar-refractivity contribution in [2.24, 2.45) is 11.1 Å². The predicted octanol–water partition coefficient (Wildman–Crippen LogP) is 4.65. The molecule has 0 saturated carbocycles. The minimum atomic E-state index is -0.940. The fourth-order valence-corrected chi connectivity index (χ4v) is 2.88. The summed E-state index contributed by atoms with van der Waals surface area (Å²) in [7, 11) is 0. The highest BCUT2D eigenvalue weighted by atomic mass is 16.5. The number of amides is 2. The maximum absolute atomic E-state index is 10.5. The number of carboxylic acid groups (broad SMARTS) is 1. The molecule has 1 aliphatic carbocycles. The van der Waals surface area contributed by atoms with Gasteiger partial charge in [0.15, 0.2) is 0 Å². The van der Waals surface area contributed by atoms with Crippen LogP contribution in [-0.4, -0.2) is 22.3 Å². The van der Waals surface area contributed by atoms with Crippen LogP contribution in [0.2, 0.25) is 0 Å². The lowest BCUT2D eigenvalue weighted by Crippen LogP contribution is -2.25. The zero-order valence-electron chi connectivity index (χ0n) is 16.9. The van der Waals surface area contributed by atoms with Crippen molar-refractivity contribution in [3.63, 3.8) is 0 Å². The molecule has 150 valence electrons. The average Bonchev–Trinajstić information content (AvgIpc) is 2.53. The third-order valence-corrected chi connectivity index (χ3v) is 4.23. The number of carbonyl (C=O) groups excluding carboxylic acids is 1. The molecular weight excluding hydrogens is 344 g/mol. The van der Waals surface area contributed by atoms with Crippen LogP contribution in [0.25, 0.3) is 0 Å². The predicted molar refractivity (Wildman–Crippen MR) is 108 cm³/mol. The summed E-state index contributed by atoms with van der Waals surface area (Å²) in [6.45, 7) is 10.7. The van der Waals surface area contributed by atoms with E-state index in [0.29, 0.717) is 0 Å². The number of aliphatic carboxylic acids is 1. The zero-order chi connectivity index (χ0) is 21.0. The Kier molecular flexibility index (Phi) is 10.8. The Balaban J connectivity index is 0.00000119. The second kappa shape index (κ2) is 11.9. The summed E-state index contributed by atoms with van der Waals surface area (Å²) in [6, 6.07) is -0.940. The second-order valence-corrected chi connectivity index (χ2v) is 7.24. The molecule has 6 heteroatoms. The normalized spacial score (nSPS) is 17.7. The first kappa shape index (κ1) is 24.4. The standard InChI is InChI=1S/C20H28O2.CH4N2O2/c1-15(8-6-9-16(2)14-19(21)22)11-12-18-17(3)10-7-13-20(18,4)5;2-1(4)3-5/h6,8-9,11-12,14H,7,10,13H2,1-5H3,(H,21,22);5H,(H3,2,3,4)/b9-6+,12-11+,15-8+,16-14-;. The Bertz CT molecular complexity index is 680. The highest BCUT2D eigenvalue weighted by Crippen LogP contribution is 2.40. The molecule has 0 bridgehead atoms. The summed E-state index contributed by atoms with van der Waals surface area (Å²) in [5, 5.41) is 16.1.